The zero-order chi connectivity index (χ0) is 23.5. The molecule has 11 heteroatoms. The number of rotatable bonds is 7. The fraction of sp³-hybridized carbons (Fsp3) is 0.182. The average Bonchev–Trinajstić information content (AvgIpc) is 3.42. The van der Waals surface area contributed by atoms with Gasteiger partial charge in [-0.1, -0.05) is 0 Å². The third-order valence-electron chi connectivity index (χ3n) is 4.54. The van der Waals surface area contributed by atoms with Gasteiger partial charge in [0.15, 0.2) is 16.1 Å². The molecule has 3 heterocycles. The number of fused-ring (bicyclic) bond motifs is 1. The second-order valence-corrected chi connectivity index (χ2v) is 8.29. The quantitative estimate of drug-likeness (QED) is 0.346. The van der Waals surface area contributed by atoms with E-state index < -0.39 is 17.4 Å². The molecule has 0 aliphatic rings. The second kappa shape index (κ2) is 9.59. The summed E-state index contributed by atoms with van der Waals surface area (Å²) in [6, 6.07) is 9.80. The van der Waals surface area contributed by atoms with Crippen LogP contribution in [0, 0.1) is 0 Å². The van der Waals surface area contributed by atoms with Crippen LogP contribution in [0.1, 0.15) is 34.9 Å². The van der Waals surface area contributed by atoms with Crippen LogP contribution in [0.15, 0.2) is 55.7 Å². The number of esters is 1. The van der Waals surface area contributed by atoms with E-state index in [-0.39, 0.29) is 28.4 Å². The molecule has 0 atom stereocenters. The van der Waals surface area contributed by atoms with Gasteiger partial charge in [0, 0.05) is 10.8 Å². The van der Waals surface area contributed by atoms with Gasteiger partial charge in [0.2, 0.25) is 0 Å². The molecule has 0 saturated carbocycles. The second-order valence-electron chi connectivity index (χ2n) is 6.62. The summed E-state index contributed by atoms with van der Waals surface area (Å²) in [7, 11) is 0. The number of benzene rings is 1. The number of nitrogens with one attached hydrogen (secondary N) is 1. The zero-order valence-electron chi connectivity index (χ0n) is 17.6. The highest BCUT2D eigenvalue weighted by Gasteiger charge is 2.24. The van der Waals surface area contributed by atoms with Gasteiger partial charge in [-0.15, -0.1) is 11.3 Å². The molecule has 0 aliphatic heterocycles. The van der Waals surface area contributed by atoms with Crippen molar-refractivity contribution in [2.24, 2.45) is 0 Å². The lowest BCUT2D eigenvalue weighted by molar-refractivity contribution is 0.0520. The molecule has 1 aromatic carbocycles. The predicted molar refractivity (Wildman–Crippen MR) is 127 cm³/mol. The van der Waals surface area contributed by atoms with Crippen LogP contribution in [-0.2, 0) is 4.74 Å². The number of thiophene rings is 1. The third kappa shape index (κ3) is 4.55. The fourth-order valence-electron chi connectivity index (χ4n) is 3.12. The first-order valence-electron chi connectivity index (χ1n) is 9.94. The maximum atomic E-state index is 13.4. The SMILES string of the molecule is CCOC(=O)c1nn(-c2ccc(OCC)cc2)c(=O)c2c(NC(=O)c3ccc(Br)o3)scc12. The summed E-state index contributed by atoms with van der Waals surface area (Å²) >= 11 is 4.26. The molecule has 0 radical (unpaired) electrons. The lowest BCUT2D eigenvalue weighted by Gasteiger charge is -2.10. The number of carbonyl (C=O) groups excluding carboxylic acids is 2. The van der Waals surface area contributed by atoms with E-state index in [0.29, 0.717) is 28.1 Å². The Morgan fingerprint density at radius 1 is 1.15 bits per heavy atom. The highest BCUT2D eigenvalue weighted by Crippen LogP contribution is 2.31. The Labute approximate surface area is 200 Å². The first kappa shape index (κ1) is 22.7. The van der Waals surface area contributed by atoms with Crippen molar-refractivity contribution in [3.63, 3.8) is 0 Å². The van der Waals surface area contributed by atoms with Gasteiger partial charge in [-0.05, 0) is 66.2 Å². The molecule has 0 saturated heterocycles. The van der Waals surface area contributed by atoms with E-state index in [4.69, 9.17) is 13.9 Å². The number of nitrogens with zero attached hydrogens (tertiary/aromatic N) is 2. The van der Waals surface area contributed by atoms with Crippen molar-refractivity contribution in [3.8, 4) is 11.4 Å². The van der Waals surface area contributed by atoms with E-state index in [1.54, 1.807) is 42.6 Å². The Morgan fingerprint density at radius 3 is 2.55 bits per heavy atom. The molecule has 33 heavy (non-hydrogen) atoms. The Balaban J connectivity index is 1.85. The molecule has 3 aromatic heterocycles. The van der Waals surface area contributed by atoms with Crippen molar-refractivity contribution in [2.75, 3.05) is 18.5 Å². The molecule has 1 amide bonds. The van der Waals surface area contributed by atoms with Crippen molar-refractivity contribution < 1.29 is 23.5 Å². The van der Waals surface area contributed by atoms with Crippen LogP contribution in [0.25, 0.3) is 16.5 Å². The molecule has 4 rings (SSSR count). The van der Waals surface area contributed by atoms with Gasteiger partial charge in [0.1, 0.15) is 10.8 Å². The number of furan rings is 1. The topological polar surface area (TPSA) is 113 Å². The van der Waals surface area contributed by atoms with Crippen LogP contribution < -0.4 is 15.6 Å². The number of anilines is 1. The van der Waals surface area contributed by atoms with Crippen molar-refractivity contribution in [1.29, 1.82) is 0 Å². The summed E-state index contributed by atoms with van der Waals surface area (Å²) in [6.45, 7) is 4.19. The molecule has 9 nitrogen and oxygen atoms in total. The minimum atomic E-state index is -0.673. The van der Waals surface area contributed by atoms with Crippen LogP contribution in [0.5, 0.6) is 5.75 Å². The molecule has 0 spiro atoms. The summed E-state index contributed by atoms with van der Waals surface area (Å²) in [5.74, 6) is -0.511. The third-order valence-corrected chi connectivity index (χ3v) is 5.86. The van der Waals surface area contributed by atoms with Crippen molar-refractivity contribution in [2.45, 2.75) is 13.8 Å². The smallest absolute Gasteiger partial charge is 0.359 e. The number of hydrogen-bond acceptors (Lipinski definition) is 8. The monoisotopic (exact) mass is 531 g/mol. The highest BCUT2D eigenvalue weighted by molar-refractivity contribution is 9.10. The first-order valence-corrected chi connectivity index (χ1v) is 11.6. The Kier molecular flexibility index (Phi) is 6.61. The lowest BCUT2D eigenvalue weighted by Crippen LogP contribution is -2.25. The largest absolute Gasteiger partial charge is 0.494 e. The Hall–Kier alpha value is -3.44. The molecule has 4 aromatic rings. The van der Waals surface area contributed by atoms with Gasteiger partial charge >= 0.3 is 5.97 Å². The predicted octanol–water partition coefficient (Wildman–Crippen LogP) is 4.63. The highest BCUT2D eigenvalue weighted by atomic mass is 79.9. The van der Waals surface area contributed by atoms with E-state index in [9.17, 15) is 14.4 Å². The normalized spacial score (nSPS) is 10.9. The number of halogens is 1. The Bertz CT molecular complexity index is 1390. The molecule has 170 valence electrons. The summed E-state index contributed by atoms with van der Waals surface area (Å²) in [5.41, 5.74) is -0.105. The minimum Gasteiger partial charge on any atom is -0.494 e. The summed E-state index contributed by atoms with van der Waals surface area (Å²) in [6.07, 6.45) is 0. The number of carbonyl (C=O) groups is 2. The fourth-order valence-corrected chi connectivity index (χ4v) is 4.36. The van der Waals surface area contributed by atoms with Crippen LogP contribution in [0.3, 0.4) is 0 Å². The van der Waals surface area contributed by atoms with Gasteiger partial charge < -0.3 is 19.2 Å². The molecule has 0 unspecified atom stereocenters. The van der Waals surface area contributed by atoms with Crippen molar-refractivity contribution >= 4 is 54.9 Å². The van der Waals surface area contributed by atoms with E-state index in [0.717, 1.165) is 16.0 Å². The lowest BCUT2D eigenvalue weighted by atomic mass is 10.2. The van der Waals surface area contributed by atoms with Crippen molar-refractivity contribution in [1.82, 2.24) is 9.78 Å². The van der Waals surface area contributed by atoms with E-state index in [1.807, 2.05) is 6.92 Å². The zero-order valence-corrected chi connectivity index (χ0v) is 20.0. The summed E-state index contributed by atoms with van der Waals surface area (Å²) in [4.78, 5) is 38.6. The van der Waals surface area contributed by atoms with Crippen LogP contribution in [0.4, 0.5) is 5.00 Å². The average molecular weight is 532 g/mol. The van der Waals surface area contributed by atoms with Crippen molar-refractivity contribution in [3.05, 3.63) is 68.3 Å². The van der Waals surface area contributed by atoms with E-state index >= 15 is 0 Å². The van der Waals surface area contributed by atoms with Gasteiger partial charge in [0.25, 0.3) is 11.5 Å². The molecule has 1 N–H and O–H groups in total. The first-order chi connectivity index (χ1) is 15.9. The van der Waals surface area contributed by atoms with Gasteiger partial charge in [-0.25, -0.2) is 4.79 Å². The van der Waals surface area contributed by atoms with E-state index in [1.165, 1.54) is 6.07 Å². The van der Waals surface area contributed by atoms with Gasteiger partial charge in [-0.2, -0.15) is 9.78 Å². The number of aromatic nitrogens is 2. The molecule has 0 aliphatic carbocycles. The minimum absolute atomic E-state index is 0.0298. The van der Waals surface area contributed by atoms with E-state index in [2.05, 4.69) is 26.3 Å². The molecule has 0 bridgehead atoms. The van der Waals surface area contributed by atoms with Crippen LogP contribution in [0.2, 0.25) is 0 Å². The van der Waals surface area contributed by atoms with Gasteiger partial charge in [0.05, 0.1) is 24.3 Å². The standard InChI is InChI=1S/C22H18BrN3O6S/c1-3-30-13-7-5-12(6-8-13)26-21(28)17-14(18(25-26)22(29)31-4-2)11-33-20(17)24-19(27)15-9-10-16(23)32-15/h5-11H,3-4H2,1-2H3,(H,24,27). The summed E-state index contributed by atoms with van der Waals surface area (Å²) < 4.78 is 17.4. The molecular formula is C22H18BrN3O6S. The maximum Gasteiger partial charge on any atom is 0.359 e. The summed E-state index contributed by atoms with van der Waals surface area (Å²) in [5, 5.41) is 9.26. The van der Waals surface area contributed by atoms with Crippen LogP contribution >= 0.6 is 27.3 Å². The Morgan fingerprint density at radius 2 is 1.91 bits per heavy atom. The number of hydrogen-bond donors (Lipinski definition) is 1. The molecule has 0 fully saturated rings. The molecular weight excluding hydrogens is 514 g/mol. The number of ether oxygens (including phenoxy) is 2. The number of amides is 1. The van der Waals surface area contributed by atoms with Crippen LogP contribution in [-0.4, -0.2) is 34.9 Å². The van der Waals surface area contributed by atoms with Gasteiger partial charge in [-0.3, -0.25) is 9.59 Å². The maximum absolute atomic E-state index is 13.4.